The molecule has 0 saturated heterocycles. The van der Waals surface area contributed by atoms with Gasteiger partial charge in [-0.25, -0.2) is 4.57 Å². The van der Waals surface area contributed by atoms with E-state index >= 15 is 0 Å². The second-order valence-corrected chi connectivity index (χ2v) is 7.38. The van der Waals surface area contributed by atoms with E-state index in [9.17, 15) is 0 Å². The summed E-state index contributed by atoms with van der Waals surface area (Å²) in [5.41, 5.74) is 3.07. The number of hydrogen-bond donors (Lipinski definition) is 0. The number of rotatable bonds is 4. The third kappa shape index (κ3) is 2.80. The van der Waals surface area contributed by atoms with Crippen molar-refractivity contribution in [1.29, 1.82) is 0 Å². The summed E-state index contributed by atoms with van der Waals surface area (Å²) in [7, 11) is 5.47. The minimum Gasteiger partial charge on any atom is -0.496 e. The van der Waals surface area contributed by atoms with Crippen LogP contribution in [-0.4, -0.2) is 18.8 Å². The molecule has 5 aromatic rings. The Balaban J connectivity index is 1.98. The third-order valence-electron chi connectivity index (χ3n) is 5.59. The Morgan fingerprint density at radius 1 is 0.767 bits per heavy atom. The standard InChI is InChI=1S/C26H23N2O2/c1-27-14-15-28(17-27)22-16-19-9-5-7-11-21(19)25(26(22)30-3)24-20-10-6-4-8-18(20)12-13-23(24)29-2/h4-17H,1-3H3/q+1. The maximum atomic E-state index is 6.07. The van der Waals surface area contributed by atoms with Gasteiger partial charge in [-0.2, -0.15) is 4.57 Å². The predicted octanol–water partition coefficient (Wildman–Crippen LogP) is 5.29. The molecule has 0 atom stereocenters. The van der Waals surface area contributed by atoms with Crippen LogP contribution in [0.1, 0.15) is 0 Å². The van der Waals surface area contributed by atoms with Gasteiger partial charge in [0.05, 0.1) is 21.3 Å². The van der Waals surface area contributed by atoms with Crippen LogP contribution in [0.4, 0.5) is 0 Å². The van der Waals surface area contributed by atoms with Gasteiger partial charge < -0.3 is 9.47 Å². The molecule has 0 spiro atoms. The number of aryl methyl sites for hydroxylation is 1. The van der Waals surface area contributed by atoms with E-state index in [-0.39, 0.29) is 0 Å². The monoisotopic (exact) mass is 395 g/mol. The molecule has 148 valence electrons. The molecule has 0 N–H and O–H groups in total. The van der Waals surface area contributed by atoms with Crippen molar-refractivity contribution in [1.82, 2.24) is 4.57 Å². The maximum Gasteiger partial charge on any atom is 0.248 e. The topological polar surface area (TPSA) is 27.3 Å². The molecule has 30 heavy (non-hydrogen) atoms. The molecule has 5 rings (SSSR count). The number of aromatic nitrogens is 2. The van der Waals surface area contributed by atoms with Crippen LogP contribution in [0.2, 0.25) is 0 Å². The van der Waals surface area contributed by atoms with Gasteiger partial charge in [0.15, 0.2) is 11.4 Å². The van der Waals surface area contributed by atoms with Crippen LogP contribution in [0.15, 0.2) is 85.5 Å². The number of benzene rings is 4. The molecular weight excluding hydrogens is 372 g/mol. The van der Waals surface area contributed by atoms with Crippen LogP contribution < -0.4 is 14.0 Å². The first-order chi connectivity index (χ1) is 14.7. The molecule has 0 saturated carbocycles. The lowest BCUT2D eigenvalue weighted by Crippen LogP contribution is -2.23. The van der Waals surface area contributed by atoms with Crippen molar-refractivity contribution in [3.05, 3.63) is 85.5 Å². The van der Waals surface area contributed by atoms with Crippen LogP contribution in [0.3, 0.4) is 0 Å². The van der Waals surface area contributed by atoms with E-state index in [1.807, 2.05) is 36.4 Å². The normalized spacial score (nSPS) is 11.2. The summed E-state index contributed by atoms with van der Waals surface area (Å²) in [5.74, 6) is 1.65. The Morgan fingerprint density at radius 3 is 2.13 bits per heavy atom. The molecule has 0 fully saturated rings. The van der Waals surface area contributed by atoms with Gasteiger partial charge in [0.2, 0.25) is 6.33 Å². The molecular formula is C26H23N2O2+. The molecule has 0 aliphatic carbocycles. The fourth-order valence-electron chi connectivity index (χ4n) is 4.23. The van der Waals surface area contributed by atoms with E-state index in [0.717, 1.165) is 49.9 Å². The first-order valence-corrected chi connectivity index (χ1v) is 9.90. The number of methoxy groups -OCH3 is 2. The Bertz CT molecular complexity index is 1380. The van der Waals surface area contributed by atoms with Crippen molar-refractivity contribution in [3.63, 3.8) is 0 Å². The minimum absolute atomic E-state index is 0.819. The van der Waals surface area contributed by atoms with Crippen LogP contribution in [-0.2, 0) is 7.05 Å². The van der Waals surface area contributed by atoms with E-state index in [2.05, 4.69) is 65.2 Å². The number of imidazole rings is 1. The van der Waals surface area contributed by atoms with E-state index < -0.39 is 0 Å². The molecule has 4 nitrogen and oxygen atoms in total. The average molecular weight is 395 g/mol. The predicted molar refractivity (Wildman–Crippen MR) is 120 cm³/mol. The number of hydrogen-bond acceptors (Lipinski definition) is 2. The van der Waals surface area contributed by atoms with Crippen molar-refractivity contribution in [2.45, 2.75) is 0 Å². The van der Waals surface area contributed by atoms with Crippen molar-refractivity contribution in [2.75, 3.05) is 14.2 Å². The molecule has 0 aliphatic rings. The Hall–Kier alpha value is -3.79. The molecule has 1 aromatic heterocycles. The number of ether oxygens (including phenoxy) is 2. The van der Waals surface area contributed by atoms with Gasteiger partial charge in [-0.1, -0.05) is 54.6 Å². The van der Waals surface area contributed by atoms with Crippen LogP contribution in [0.5, 0.6) is 11.5 Å². The summed E-state index contributed by atoms with van der Waals surface area (Å²) >= 11 is 0. The third-order valence-corrected chi connectivity index (χ3v) is 5.59. The molecule has 0 unspecified atom stereocenters. The Kier molecular flexibility index (Phi) is 4.40. The quantitative estimate of drug-likeness (QED) is 0.387. The van der Waals surface area contributed by atoms with Gasteiger partial charge in [0.25, 0.3) is 0 Å². The summed E-state index contributed by atoms with van der Waals surface area (Å²) in [6.45, 7) is 0. The highest BCUT2D eigenvalue weighted by atomic mass is 16.5. The highest BCUT2D eigenvalue weighted by Crippen LogP contribution is 2.47. The van der Waals surface area contributed by atoms with Crippen molar-refractivity contribution < 1.29 is 14.0 Å². The van der Waals surface area contributed by atoms with E-state index in [0.29, 0.717) is 0 Å². The molecule has 1 heterocycles. The summed E-state index contributed by atoms with van der Waals surface area (Å²) in [6.07, 6.45) is 6.10. The second-order valence-electron chi connectivity index (χ2n) is 7.38. The zero-order valence-electron chi connectivity index (χ0n) is 17.3. The molecule has 4 aromatic carbocycles. The van der Waals surface area contributed by atoms with Gasteiger partial charge in [0, 0.05) is 11.1 Å². The fraction of sp³-hybridized carbons (Fsp3) is 0.115. The second kappa shape index (κ2) is 7.23. The lowest BCUT2D eigenvalue weighted by molar-refractivity contribution is -0.670. The minimum atomic E-state index is 0.819. The number of nitrogens with zero attached hydrogens (tertiary/aromatic N) is 2. The first kappa shape index (κ1) is 18.3. The molecule has 0 bridgehead atoms. The van der Waals surface area contributed by atoms with Gasteiger partial charge in [-0.15, -0.1) is 0 Å². The van der Waals surface area contributed by atoms with E-state index in [4.69, 9.17) is 9.47 Å². The zero-order chi connectivity index (χ0) is 20.7. The number of fused-ring (bicyclic) bond motifs is 2. The van der Waals surface area contributed by atoms with Crippen LogP contribution in [0, 0.1) is 0 Å². The summed E-state index contributed by atoms with van der Waals surface area (Å²) < 4.78 is 16.0. The van der Waals surface area contributed by atoms with Crippen molar-refractivity contribution >= 4 is 21.5 Å². The van der Waals surface area contributed by atoms with Crippen molar-refractivity contribution in [3.8, 4) is 28.3 Å². The zero-order valence-corrected chi connectivity index (χ0v) is 17.3. The first-order valence-electron chi connectivity index (χ1n) is 9.90. The summed E-state index contributed by atoms with van der Waals surface area (Å²) in [4.78, 5) is 0. The lowest BCUT2D eigenvalue weighted by Gasteiger charge is -2.19. The highest BCUT2D eigenvalue weighted by Gasteiger charge is 2.24. The summed E-state index contributed by atoms with van der Waals surface area (Å²) in [6, 6.07) is 23.1. The van der Waals surface area contributed by atoms with Gasteiger partial charge in [-0.3, -0.25) is 0 Å². The largest absolute Gasteiger partial charge is 0.496 e. The van der Waals surface area contributed by atoms with Crippen LogP contribution >= 0.6 is 0 Å². The fourth-order valence-corrected chi connectivity index (χ4v) is 4.23. The van der Waals surface area contributed by atoms with Gasteiger partial charge in [0.1, 0.15) is 18.1 Å². The van der Waals surface area contributed by atoms with Crippen LogP contribution in [0.25, 0.3) is 38.4 Å². The van der Waals surface area contributed by atoms with Crippen molar-refractivity contribution in [2.24, 2.45) is 7.05 Å². The lowest BCUT2D eigenvalue weighted by atomic mass is 9.91. The summed E-state index contributed by atoms with van der Waals surface area (Å²) in [5, 5.41) is 4.58. The van der Waals surface area contributed by atoms with E-state index in [1.165, 1.54) is 0 Å². The average Bonchev–Trinajstić information content (AvgIpc) is 3.23. The Labute approximate surface area is 175 Å². The molecule has 4 heteroatoms. The maximum absolute atomic E-state index is 6.07. The van der Waals surface area contributed by atoms with Gasteiger partial charge in [-0.05, 0) is 33.7 Å². The SMILES string of the molecule is COc1ccc2ccccc2c1-c1c(OC)c(-n2cc[n+](C)c2)cc2ccccc12. The van der Waals surface area contributed by atoms with E-state index in [1.54, 1.807) is 14.2 Å². The molecule has 0 aliphatic heterocycles. The Morgan fingerprint density at radius 2 is 1.47 bits per heavy atom. The van der Waals surface area contributed by atoms with Gasteiger partial charge >= 0.3 is 0 Å². The smallest absolute Gasteiger partial charge is 0.248 e. The highest BCUT2D eigenvalue weighted by molar-refractivity contribution is 6.11. The molecule has 0 radical (unpaired) electrons. The molecule has 0 amide bonds.